The Kier molecular flexibility index (Phi) is 2.58. The van der Waals surface area contributed by atoms with Crippen molar-refractivity contribution in [2.24, 2.45) is 17.8 Å². The second kappa shape index (κ2) is 4.22. The minimum atomic E-state index is -0.621. The van der Waals surface area contributed by atoms with Gasteiger partial charge in [0, 0.05) is 0 Å². The Morgan fingerprint density at radius 1 is 1.05 bits per heavy atom. The van der Waals surface area contributed by atoms with Crippen LogP contribution in [0.15, 0.2) is 27.8 Å². The summed E-state index contributed by atoms with van der Waals surface area (Å²) < 4.78 is 0. The van der Waals surface area contributed by atoms with Gasteiger partial charge in [0.05, 0.1) is 16.4 Å². The fraction of sp³-hybridized carbons (Fsp3) is 0.467. The van der Waals surface area contributed by atoms with Crippen molar-refractivity contribution in [2.45, 2.75) is 24.6 Å². The molecule has 2 aliphatic rings. The zero-order valence-corrected chi connectivity index (χ0v) is 11.6. The van der Waals surface area contributed by atoms with Gasteiger partial charge in [0.15, 0.2) is 0 Å². The van der Waals surface area contributed by atoms with Crippen LogP contribution in [-0.4, -0.2) is 9.97 Å². The molecule has 2 saturated carbocycles. The van der Waals surface area contributed by atoms with E-state index < -0.39 is 11.1 Å². The molecule has 3 unspecified atom stereocenters. The lowest BCUT2D eigenvalue weighted by molar-refractivity contribution is 0.574. The van der Waals surface area contributed by atoms with Crippen molar-refractivity contribution in [1.82, 2.24) is 9.97 Å². The topological polar surface area (TPSA) is 65.7 Å². The van der Waals surface area contributed by atoms with Crippen molar-refractivity contribution in [3.05, 3.63) is 44.5 Å². The van der Waals surface area contributed by atoms with Crippen LogP contribution in [0.4, 0.5) is 0 Å². The summed E-state index contributed by atoms with van der Waals surface area (Å²) in [6.07, 6.45) is 3.94. The fourth-order valence-electron chi connectivity index (χ4n) is 3.84. The summed E-state index contributed by atoms with van der Waals surface area (Å²) in [4.78, 5) is 27.8. The SMILES string of the molecule is O=c1[nH]c2ccc(C(Cl)C3C4CCCC43)cc2[nH]c1=O. The number of hydrogen-bond acceptors (Lipinski definition) is 2. The number of nitrogens with one attached hydrogen (secondary N) is 2. The molecule has 0 bridgehead atoms. The number of rotatable bonds is 2. The van der Waals surface area contributed by atoms with Gasteiger partial charge in [-0.2, -0.15) is 0 Å². The van der Waals surface area contributed by atoms with E-state index in [9.17, 15) is 9.59 Å². The maximum absolute atomic E-state index is 11.4. The number of aromatic amines is 2. The van der Waals surface area contributed by atoms with Gasteiger partial charge in [-0.3, -0.25) is 9.59 Å². The second-order valence-corrected chi connectivity index (χ2v) is 6.42. The van der Waals surface area contributed by atoms with Crippen LogP contribution in [-0.2, 0) is 0 Å². The molecule has 0 spiro atoms. The third kappa shape index (κ3) is 1.74. The average molecular weight is 291 g/mol. The monoisotopic (exact) mass is 290 g/mol. The molecule has 20 heavy (non-hydrogen) atoms. The molecular weight excluding hydrogens is 276 g/mol. The molecule has 2 aromatic rings. The summed E-state index contributed by atoms with van der Waals surface area (Å²) in [5, 5.41) is 0.00475. The highest BCUT2D eigenvalue weighted by Gasteiger charge is 2.55. The van der Waals surface area contributed by atoms with Gasteiger partial charge in [0.25, 0.3) is 0 Å². The first-order valence-electron chi connectivity index (χ1n) is 7.05. The minimum absolute atomic E-state index is 0.00475. The summed E-state index contributed by atoms with van der Waals surface area (Å²) in [7, 11) is 0. The number of halogens is 1. The predicted octanol–water partition coefficient (Wildman–Crippen LogP) is 2.54. The van der Waals surface area contributed by atoms with E-state index in [0.717, 1.165) is 17.4 Å². The van der Waals surface area contributed by atoms with E-state index in [0.29, 0.717) is 17.0 Å². The first-order valence-corrected chi connectivity index (χ1v) is 7.49. The van der Waals surface area contributed by atoms with Crippen LogP contribution < -0.4 is 11.1 Å². The summed E-state index contributed by atoms with van der Waals surface area (Å²) >= 11 is 6.61. The molecule has 3 atom stereocenters. The summed E-state index contributed by atoms with van der Waals surface area (Å²) in [6, 6.07) is 5.65. The zero-order chi connectivity index (χ0) is 13.9. The molecule has 0 aliphatic heterocycles. The lowest BCUT2D eigenvalue weighted by Crippen LogP contribution is -2.28. The average Bonchev–Trinajstić information content (AvgIpc) is 2.91. The third-order valence-electron chi connectivity index (χ3n) is 4.88. The zero-order valence-electron chi connectivity index (χ0n) is 10.9. The lowest BCUT2D eigenvalue weighted by Gasteiger charge is -2.12. The number of H-pyrrole nitrogens is 2. The molecule has 104 valence electrons. The third-order valence-corrected chi connectivity index (χ3v) is 5.42. The van der Waals surface area contributed by atoms with Gasteiger partial charge in [-0.25, -0.2) is 0 Å². The van der Waals surface area contributed by atoms with Crippen molar-refractivity contribution >= 4 is 22.6 Å². The highest BCUT2D eigenvalue weighted by molar-refractivity contribution is 6.21. The van der Waals surface area contributed by atoms with Crippen LogP contribution in [0.2, 0.25) is 0 Å². The normalized spacial score (nSPS) is 29.4. The summed E-state index contributed by atoms with van der Waals surface area (Å²) in [6.45, 7) is 0. The number of fused-ring (bicyclic) bond motifs is 2. The van der Waals surface area contributed by atoms with E-state index >= 15 is 0 Å². The Labute approximate surface area is 120 Å². The molecule has 0 radical (unpaired) electrons. The molecule has 4 nitrogen and oxygen atoms in total. The fourth-order valence-corrected chi connectivity index (χ4v) is 4.35. The van der Waals surface area contributed by atoms with E-state index in [1.54, 1.807) is 0 Å². The second-order valence-electron chi connectivity index (χ2n) is 5.95. The molecule has 2 fully saturated rings. The van der Waals surface area contributed by atoms with Crippen LogP contribution >= 0.6 is 11.6 Å². The standard InChI is InChI=1S/C15H15ClN2O2/c16-13(12-8-2-1-3-9(8)12)7-4-5-10-11(6-7)18-15(20)14(19)17-10/h4-6,8-9,12-13H,1-3H2,(H,17,19)(H,18,20). The largest absolute Gasteiger partial charge is 0.316 e. The van der Waals surface area contributed by atoms with Crippen LogP contribution in [0.1, 0.15) is 30.2 Å². The number of benzene rings is 1. The van der Waals surface area contributed by atoms with E-state index in [1.165, 1.54) is 19.3 Å². The summed E-state index contributed by atoms with van der Waals surface area (Å²) in [5.74, 6) is 2.17. The van der Waals surface area contributed by atoms with Crippen molar-refractivity contribution in [3.63, 3.8) is 0 Å². The van der Waals surface area contributed by atoms with Crippen LogP contribution in [0.25, 0.3) is 11.0 Å². The van der Waals surface area contributed by atoms with Crippen molar-refractivity contribution < 1.29 is 0 Å². The van der Waals surface area contributed by atoms with Crippen LogP contribution in [0.3, 0.4) is 0 Å². The van der Waals surface area contributed by atoms with Gasteiger partial charge in [-0.05, 0) is 48.3 Å². The molecular formula is C15H15ClN2O2. The van der Waals surface area contributed by atoms with E-state index in [4.69, 9.17) is 11.6 Å². The van der Waals surface area contributed by atoms with E-state index in [1.807, 2.05) is 18.2 Å². The Balaban J connectivity index is 1.72. The first kappa shape index (κ1) is 12.2. The molecule has 4 rings (SSSR count). The number of alkyl halides is 1. The highest BCUT2D eigenvalue weighted by atomic mass is 35.5. The Hall–Kier alpha value is -1.55. The van der Waals surface area contributed by atoms with Gasteiger partial charge < -0.3 is 9.97 Å². The maximum atomic E-state index is 11.4. The molecule has 2 aliphatic carbocycles. The Bertz CT molecular complexity index is 784. The van der Waals surface area contributed by atoms with E-state index in [-0.39, 0.29) is 5.38 Å². The van der Waals surface area contributed by atoms with E-state index in [2.05, 4.69) is 9.97 Å². The molecule has 1 aromatic heterocycles. The molecule has 5 heteroatoms. The van der Waals surface area contributed by atoms with Gasteiger partial charge >= 0.3 is 11.1 Å². The smallest absolute Gasteiger partial charge is 0.314 e. The van der Waals surface area contributed by atoms with Crippen molar-refractivity contribution in [2.75, 3.05) is 0 Å². The lowest BCUT2D eigenvalue weighted by atomic mass is 10.0. The molecule has 0 amide bonds. The minimum Gasteiger partial charge on any atom is -0.316 e. The molecule has 0 saturated heterocycles. The summed E-state index contributed by atoms with van der Waals surface area (Å²) in [5.41, 5.74) is 1.07. The van der Waals surface area contributed by atoms with Gasteiger partial charge in [0.1, 0.15) is 0 Å². The van der Waals surface area contributed by atoms with Crippen LogP contribution in [0.5, 0.6) is 0 Å². The molecule has 2 N–H and O–H groups in total. The Morgan fingerprint density at radius 2 is 1.70 bits per heavy atom. The molecule has 1 heterocycles. The number of aromatic nitrogens is 2. The number of hydrogen-bond donors (Lipinski definition) is 2. The highest BCUT2D eigenvalue weighted by Crippen LogP contribution is 2.63. The van der Waals surface area contributed by atoms with Gasteiger partial charge in [0.2, 0.25) is 0 Å². The Morgan fingerprint density at radius 3 is 2.40 bits per heavy atom. The maximum Gasteiger partial charge on any atom is 0.314 e. The van der Waals surface area contributed by atoms with Crippen molar-refractivity contribution in [1.29, 1.82) is 0 Å². The van der Waals surface area contributed by atoms with Gasteiger partial charge in [-0.15, -0.1) is 11.6 Å². The first-order chi connectivity index (χ1) is 9.65. The molecule has 1 aromatic carbocycles. The quantitative estimate of drug-likeness (QED) is 0.659. The van der Waals surface area contributed by atoms with Crippen molar-refractivity contribution in [3.8, 4) is 0 Å². The van der Waals surface area contributed by atoms with Gasteiger partial charge in [-0.1, -0.05) is 12.5 Å². The van der Waals surface area contributed by atoms with Crippen LogP contribution in [0, 0.1) is 17.8 Å². The predicted molar refractivity (Wildman–Crippen MR) is 78.1 cm³/mol.